The molecule has 0 spiro atoms. The van der Waals surface area contributed by atoms with Gasteiger partial charge in [0.1, 0.15) is 5.82 Å². The molecule has 0 bridgehead atoms. The molecule has 0 aliphatic carbocycles. The van der Waals surface area contributed by atoms with Crippen LogP contribution in [0.1, 0.15) is 27.7 Å². The fraction of sp³-hybridized carbons (Fsp3) is 0.118. The van der Waals surface area contributed by atoms with Gasteiger partial charge in [0.2, 0.25) is 5.89 Å². The van der Waals surface area contributed by atoms with Crippen LogP contribution in [0, 0.1) is 5.82 Å². The van der Waals surface area contributed by atoms with Gasteiger partial charge in [0, 0.05) is 16.6 Å². The maximum Gasteiger partial charge on any atom is 0.309 e. The van der Waals surface area contributed by atoms with Crippen molar-refractivity contribution in [3.8, 4) is 0 Å². The molecule has 128 valence electrons. The summed E-state index contributed by atoms with van der Waals surface area (Å²) in [5, 5.41) is 11.2. The van der Waals surface area contributed by atoms with Gasteiger partial charge in [-0.05, 0) is 35.4 Å². The highest BCUT2D eigenvalue weighted by Crippen LogP contribution is 2.23. The van der Waals surface area contributed by atoms with E-state index in [1.807, 2.05) is 0 Å². The molecular weight excluding hydrogens is 368 g/mol. The second-order valence-corrected chi connectivity index (χ2v) is 6.07. The maximum absolute atomic E-state index is 12.8. The van der Waals surface area contributed by atoms with Crippen LogP contribution in [0.4, 0.5) is 4.39 Å². The summed E-state index contributed by atoms with van der Waals surface area (Å²) in [6.07, 6.45) is 0.286. The first-order chi connectivity index (χ1) is 12.0. The molecular formula is C17H12Cl2FN3O2. The average molecular weight is 380 g/mol. The predicted octanol–water partition coefficient (Wildman–Crippen LogP) is 4.04. The summed E-state index contributed by atoms with van der Waals surface area (Å²) >= 11 is 11.9. The fourth-order valence-corrected chi connectivity index (χ4v) is 2.58. The van der Waals surface area contributed by atoms with Crippen LogP contribution < -0.4 is 5.32 Å². The number of benzene rings is 2. The highest BCUT2D eigenvalue weighted by atomic mass is 35.5. The van der Waals surface area contributed by atoms with Crippen LogP contribution in [0.25, 0.3) is 0 Å². The van der Waals surface area contributed by atoms with Crippen molar-refractivity contribution >= 4 is 29.1 Å². The van der Waals surface area contributed by atoms with Crippen molar-refractivity contribution in [3.05, 3.63) is 81.2 Å². The molecule has 3 aromatic rings. The Bertz CT molecular complexity index is 897. The number of nitrogens with one attached hydrogen (secondary N) is 1. The van der Waals surface area contributed by atoms with Gasteiger partial charge < -0.3 is 9.73 Å². The van der Waals surface area contributed by atoms with E-state index in [0.29, 0.717) is 10.0 Å². The lowest BCUT2D eigenvalue weighted by Crippen LogP contribution is -2.23. The van der Waals surface area contributed by atoms with Gasteiger partial charge in [-0.1, -0.05) is 41.4 Å². The number of amides is 1. The standard InChI is InChI=1S/C17H12Cl2FN3O2/c18-12-4-3-11(14(19)8-12)7-15-22-23-17(25-15)16(24)21-9-10-1-5-13(20)6-2-10/h1-6,8H,7,9H2,(H,21,24). The summed E-state index contributed by atoms with van der Waals surface area (Å²) in [5.41, 5.74) is 1.51. The zero-order valence-corrected chi connectivity index (χ0v) is 14.3. The van der Waals surface area contributed by atoms with E-state index in [9.17, 15) is 9.18 Å². The number of hydrogen-bond donors (Lipinski definition) is 1. The van der Waals surface area contributed by atoms with Crippen molar-refractivity contribution in [2.24, 2.45) is 0 Å². The third kappa shape index (κ3) is 4.55. The van der Waals surface area contributed by atoms with Gasteiger partial charge in [0.15, 0.2) is 0 Å². The average Bonchev–Trinajstić information content (AvgIpc) is 3.05. The van der Waals surface area contributed by atoms with Crippen LogP contribution in [-0.2, 0) is 13.0 Å². The van der Waals surface area contributed by atoms with E-state index in [1.165, 1.54) is 12.1 Å². The molecule has 0 saturated carbocycles. The summed E-state index contributed by atoms with van der Waals surface area (Å²) in [5.74, 6) is -0.735. The Balaban J connectivity index is 1.62. The van der Waals surface area contributed by atoms with Crippen molar-refractivity contribution in [2.45, 2.75) is 13.0 Å². The lowest BCUT2D eigenvalue weighted by molar-refractivity contribution is 0.0914. The second-order valence-electron chi connectivity index (χ2n) is 5.22. The third-order valence-electron chi connectivity index (χ3n) is 3.38. The number of carbonyl (C=O) groups is 1. The summed E-state index contributed by atoms with van der Waals surface area (Å²) in [6, 6.07) is 10.9. The molecule has 0 unspecified atom stereocenters. The van der Waals surface area contributed by atoms with E-state index >= 15 is 0 Å². The van der Waals surface area contributed by atoms with Crippen molar-refractivity contribution in [2.75, 3.05) is 0 Å². The molecule has 0 aliphatic rings. The molecule has 2 aromatic carbocycles. The van der Waals surface area contributed by atoms with Crippen LogP contribution in [0.2, 0.25) is 10.0 Å². The number of carbonyl (C=O) groups excluding carboxylic acids is 1. The Morgan fingerprint density at radius 1 is 1.12 bits per heavy atom. The molecule has 1 N–H and O–H groups in total. The molecule has 1 amide bonds. The Morgan fingerprint density at radius 2 is 1.88 bits per heavy atom. The topological polar surface area (TPSA) is 68.0 Å². The van der Waals surface area contributed by atoms with Gasteiger partial charge in [-0.3, -0.25) is 4.79 Å². The normalized spacial score (nSPS) is 10.7. The summed E-state index contributed by atoms with van der Waals surface area (Å²) < 4.78 is 18.2. The molecule has 5 nitrogen and oxygen atoms in total. The number of nitrogens with zero attached hydrogens (tertiary/aromatic N) is 2. The molecule has 25 heavy (non-hydrogen) atoms. The van der Waals surface area contributed by atoms with E-state index in [2.05, 4.69) is 15.5 Å². The minimum Gasteiger partial charge on any atom is -0.417 e. The predicted molar refractivity (Wildman–Crippen MR) is 91.1 cm³/mol. The second kappa shape index (κ2) is 7.63. The molecule has 8 heteroatoms. The quantitative estimate of drug-likeness (QED) is 0.726. The highest BCUT2D eigenvalue weighted by molar-refractivity contribution is 6.35. The first kappa shape index (κ1) is 17.4. The Morgan fingerprint density at radius 3 is 2.60 bits per heavy atom. The number of hydrogen-bond acceptors (Lipinski definition) is 4. The summed E-state index contributed by atoms with van der Waals surface area (Å²) in [7, 11) is 0. The van der Waals surface area contributed by atoms with Gasteiger partial charge in [0.05, 0.1) is 6.42 Å². The van der Waals surface area contributed by atoms with Gasteiger partial charge in [0.25, 0.3) is 0 Å². The van der Waals surface area contributed by atoms with Gasteiger partial charge in [-0.15, -0.1) is 10.2 Å². The molecule has 0 radical (unpaired) electrons. The van der Waals surface area contributed by atoms with Crippen LogP contribution in [0.15, 0.2) is 46.9 Å². The first-order valence-corrected chi connectivity index (χ1v) is 8.06. The minimum atomic E-state index is -0.509. The van der Waals surface area contributed by atoms with Crippen LogP contribution >= 0.6 is 23.2 Å². The maximum atomic E-state index is 12.8. The summed E-state index contributed by atoms with van der Waals surface area (Å²) in [6.45, 7) is 0.222. The van der Waals surface area contributed by atoms with E-state index < -0.39 is 5.91 Å². The fourth-order valence-electron chi connectivity index (χ4n) is 2.10. The first-order valence-electron chi connectivity index (χ1n) is 7.30. The van der Waals surface area contributed by atoms with Gasteiger partial charge >= 0.3 is 11.8 Å². The number of aromatic nitrogens is 2. The number of halogens is 3. The molecule has 0 fully saturated rings. The molecule has 1 aromatic heterocycles. The Hall–Kier alpha value is -2.44. The smallest absolute Gasteiger partial charge is 0.309 e. The third-order valence-corrected chi connectivity index (χ3v) is 3.97. The lowest BCUT2D eigenvalue weighted by atomic mass is 10.1. The molecule has 0 aliphatic heterocycles. The monoisotopic (exact) mass is 379 g/mol. The SMILES string of the molecule is O=C(NCc1ccc(F)cc1)c1nnc(Cc2ccc(Cl)cc2Cl)o1. The molecule has 0 saturated heterocycles. The van der Waals surface area contributed by atoms with Crippen LogP contribution in [0.3, 0.4) is 0 Å². The van der Waals surface area contributed by atoms with E-state index in [0.717, 1.165) is 11.1 Å². The van der Waals surface area contributed by atoms with Crippen LogP contribution in [0.5, 0.6) is 0 Å². The minimum absolute atomic E-state index is 0.151. The molecule has 3 rings (SSSR count). The zero-order valence-electron chi connectivity index (χ0n) is 12.8. The van der Waals surface area contributed by atoms with Crippen LogP contribution in [-0.4, -0.2) is 16.1 Å². The molecule has 1 heterocycles. The highest BCUT2D eigenvalue weighted by Gasteiger charge is 2.15. The van der Waals surface area contributed by atoms with E-state index in [1.54, 1.807) is 30.3 Å². The zero-order chi connectivity index (χ0) is 17.8. The van der Waals surface area contributed by atoms with Crippen molar-refractivity contribution in [1.82, 2.24) is 15.5 Å². The Labute approximate surface area is 152 Å². The van der Waals surface area contributed by atoms with Gasteiger partial charge in [-0.2, -0.15) is 0 Å². The Kier molecular flexibility index (Phi) is 5.31. The van der Waals surface area contributed by atoms with E-state index in [-0.39, 0.29) is 30.6 Å². The summed E-state index contributed by atoms with van der Waals surface area (Å²) in [4.78, 5) is 12.0. The number of rotatable bonds is 5. The van der Waals surface area contributed by atoms with Crippen molar-refractivity contribution in [1.29, 1.82) is 0 Å². The van der Waals surface area contributed by atoms with Crippen molar-refractivity contribution in [3.63, 3.8) is 0 Å². The largest absolute Gasteiger partial charge is 0.417 e. The van der Waals surface area contributed by atoms with Gasteiger partial charge in [-0.25, -0.2) is 4.39 Å². The molecule has 0 atom stereocenters. The van der Waals surface area contributed by atoms with E-state index in [4.69, 9.17) is 27.6 Å². The van der Waals surface area contributed by atoms with Crippen molar-refractivity contribution < 1.29 is 13.6 Å². The lowest BCUT2D eigenvalue weighted by Gasteiger charge is -2.02.